The van der Waals surface area contributed by atoms with Crippen LogP contribution in [0, 0.1) is 5.82 Å². The van der Waals surface area contributed by atoms with Crippen LogP contribution in [0.3, 0.4) is 0 Å². The number of benzene rings is 2. The van der Waals surface area contributed by atoms with Gasteiger partial charge in [-0.1, -0.05) is 40.1 Å². The number of nitrogens with one attached hydrogen (secondary N) is 1. The van der Waals surface area contributed by atoms with Crippen molar-refractivity contribution in [1.29, 1.82) is 0 Å². The van der Waals surface area contributed by atoms with Crippen LogP contribution in [-0.2, 0) is 19.7 Å². The minimum atomic E-state index is -0.272. The molecule has 3 rings (SSSR count). The molecule has 0 saturated carbocycles. The van der Waals surface area contributed by atoms with Crippen LogP contribution in [0.15, 0.2) is 40.9 Å². The Bertz CT molecular complexity index is 917. The standard InChI is InChI=1S/C19H21BrFN5O2/c1-3-8-26-19(23-24-25-26)22-11-14-9-17(27-2)18(10-16(14)20)28-12-13-4-6-15(21)7-5-13/h4-7,9-10H,3,8,11-12H2,1-2H3,(H,22,23,25). The lowest BCUT2D eigenvalue weighted by atomic mass is 10.2. The van der Waals surface area contributed by atoms with Crippen LogP contribution in [0.5, 0.6) is 11.5 Å². The average molecular weight is 450 g/mol. The van der Waals surface area contributed by atoms with E-state index >= 15 is 0 Å². The highest BCUT2D eigenvalue weighted by atomic mass is 79.9. The highest BCUT2D eigenvalue weighted by Crippen LogP contribution is 2.34. The van der Waals surface area contributed by atoms with Gasteiger partial charge in [-0.15, -0.1) is 0 Å². The summed E-state index contributed by atoms with van der Waals surface area (Å²) in [7, 11) is 1.59. The van der Waals surface area contributed by atoms with Crippen molar-refractivity contribution in [3.05, 3.63) is 57.8 Å². The van der Waals surface area contributed by atoms with Gasteiger partial charge in [0.1, 0.15) is 12.4 Å². The first-order valence-corrected chi connectivity index (χ1v) is 9.63. The van der Waals surface area contributed by atoms with E-state index in [2.05, 4.69) is 43.7 Å². The van der Waals surface area contributed by atoms with Gasteiger partial charge < -0.3 is 14.8 Å². The molecule has 0 aliphatic heterocycles. The Morgan fingerprint density at radius 1 is 1.18 bits per heavy atom. The second kappa shape index (κ2) is 9.50. The summed E-state index contributed by atoms with van der Waals surface area (Å²) in [4.78, 5) is 0. The van der Waals surface area contributed by atoms with Crippen LogP contribution in [0.25, 0.3) is 0 Å². The van der Waals surface area contributed by atoms with E-state index in [9.17, 15) is 4.39 Å². The van der Waals surface area contributed by atoms with Crippen molar-refractivity contribution in [2.24, 2.45) is 0 Å². The highest BCUT2D eigenvalue weighted by molar-refractivity contribution is 9.10. The second-order valence-electron chi connectivity index (χ2n) is 6.09. The van der Waals surface area contributed by atoms with Gasteiger partial charge in [0.15, 0.2) is 11.5 Å². The molecule has 0 bridgehead atoms. The van der Waals surface area contributed by atoms with Crippen LogP contribution in [0.1, 0.15) is 24.5 Å². The van der Waals surface area contributed by atoms with E-state index in [1.165, 1.54) is 12.1 Å². The Morgan fingerprint density at radius 2 is 1.96 bits per heavy atom. The third kappa shape index (κ3) is 4.98. The lowest BCUT2D eigenvalue weighted by Gasteiger charge is -2.15. The number of hydrogen-bond donors (Lipinski definition) is 1. The number of tetrazole rings is 1. The molecule has 0 aliphatic carbocycles. The van der Waals surface area contributed by atoms with E-state index < -0.39 is 0 Å². The first-order valence-electron chi connectivity index (χ1n) is 8.84. The van der Waals surface area contributed by atoms with Gasteiger partial charge in [-0.3, -0.25) is 0 Å². The lowest BCUT2D eigenvalue weighted by molar-refractivity contribution is 0.284. The Morgan fingerprint density at radius 3 is 2.68 bits per heavy atom. The number of halogens is 2. The van der Waals surface area contributed by atoms with E-state index in [0.717, 1.165) is 28.6 Å². The summed E-state index contributed by atoms with van der Waals surface area (Å²) in [6, 6.07) is 9.95. The van der Waals surface area contributed by atoms with E-state index in [0.29, 0.717) is 30.6 Å². The number of hydrogen-bond acceptors (Lipinski definition) is 6. The van der Waals surface area contributed by atoms with Gasteiger partial charge >= 0.3 is 0 Å². The molecule has 0 spiro atoms. The van der Waals surface area contributed by atoms with E-state index in [-0.39, 0.29) is 5.82 Å². The molecule has 0 amide bonds. The van der Waals surface area contributed by atoms with Crippen LogP contribution in [-0.4, -0.2) is 27.3 Å². The molecule has 7 nitrogen and oxygen atoms in total. The number of nitrogens with zero attached hydrogens (tertiary/aromatic N) is 4. The fourth-order valence-electron chi connectivity index (χ4n) is 2.59. The van der Waals surface area contributed by atoms with Crippen LogP contribution >= 0.6 is 15.9 Å². The predicted octanol–water partition coefficient (Wildman–Crippen LogP) is 4.18. The van der Waals surface area contributed by atoms with Gasteiger partial charge in [-0.2, -0.15) is 0 Å². The third-order valence-corrected chi connectivity index (χ3v) is 4.78. The molecule has 148 valence electrons. The Kier molecular flexibility index (Phi) is 6.80. The maximum atomic E-state index is 13.0. The van der Waals surface area contributed by atoms with Gasteiger partial charge in [-0.25, -0.2) is 9.07 Å². The zero-order chi connectivity index (χ0) is 19.9. The number of rotatable bonds is 9. The number of aromatic nitrogens is 4. The maximum absolute atomic E-state index is 13.0. The smallest absolute Gasteiger partial charge is 0.243 e. The van der Waals surface area contributed by atoms with Crippen LogP contribution < -0.4 is 14.8 Å². The molecule has 0 aliphatic rings. The topological polar surface area (TPSA) is 74.1 Å². The van der Waals surface area contributed by atoms with Crippen molar-refractivity contribution >= 4 is 21.9 Å². The zero-order valence-corrected chi connectivity index (χ0v) is 17.2. The van der Waals surface area contributed by atoms with Gasteiger partial charge in [-0.05, 0) is 52.2 Å². The molecule has 0 saturated heterocycles. The molecular weight excluding hydrogens is 429 g/mol. The number of anilines is 1. The Hall–Kier alpha value is -2.68. The van der Waals surface area contributed by atoms with E-state index in [1.54, 1.807) is 23.9 Å². The van der Waals surface area contributed by atoms with Crippen molar-refractivity contribution in [2.75, 3.05) is 12.4 Å². The molecule has 0 fully saturated rings. The second-order valence-corrected chi connectivity index (χ2v) is 6.94. The fraction of sp³-hybridized carbons (Fsp3) is 0.316. The summed E-state index contributed by atoms with van der Waals surface area (Å²) in [5, 5.41) is 14.9. The molecule has 2 aromatic carbocycles. The minimum Gasteiger partial charge on any atom is -0.493 e. The molecule has 0 radical (unpaired) electrons. The first-order chi connectivity index (χ1) is 13.6. The van der Waals surface area contributed by atoms with Gasteiger partial charge in [0.25, 0.3) is 0 Å². The summed E-state index contributed by atoms with van der Waals surface area (Å²) >= 11 is 3.58. The molecular formula is C19H21BrFN5O2. The fourth-order valence-corrected chi connectivity index (χ4v) is 3.06. The molecule has 1 heterocycles. The number of ether oxygens (including phenoxy) is 2. The normalized spacial score (nSPS) is 10.7. The average Bonchev–Trinajstić information content (AvgIpc) is 3.14. The SMILES string of the molecule is CCCn1nnnc1NCc1cc(OC)c(OCc2ccc(F)cc2)cc1Br. The van der Waals surface area contributed by atoms with Gasteiger partial charge in [0, 0.05) is 17.6 Å². The van der Waals surface area contributed by atoms with E-state index in [4.69, 9.17) is 9.47 Å². The molecule has 1 N–H and O–H groups in total. The zero-order valence-electron chi connectivity index (χ0n) is 15.7. The number of methoxy groups -OCH3 is 1. The Balaban J connectivity index is 1.70. The molecule has 3 aromatic rings. The maximum Gasteiger partial charge on any atom is 0.243 e. The van der Waals surface area contributed by atoms with Crippen molar-refractivity contribution < 1.29 is 13.9 Å². The summed E-state index contributed by atoms with van der Waals surface area (Å²) in [6.45, 7) is 3.64. The monoisotopic (exact) mass is 449 g/mol. The number of aryl methyl sites for hydroxylation is 1. The summed E-state index contributed by atoms with van der Waals surface area (Å²) in [6.07, 6.45) is 0.942. The summed E-state index contributed by atoms with van der Waals surface area (Å²) < 4.78 is 26.9. The lowest BCUT2D eigenvalue weighted by Crippen LogP contribution is -2.09. The first kappa shape index (κ1) is 20.1. The van der Waals surface area contributed by atoms with Crippen LogP contribution in [0.2, 0.25) is 0 Å². The highest BCUT2D eigenvalue weighted by Gasteiger charge is 2.12. The van der Waals surface area contributed by atoms with Crippen molar-refractivity contribution in [3.63, 3.8) is 0 Å². The molecule has 0 atom stereocenters. The van der Waals surface area contributed by atoms with E-state index in [1.807, 2.05) is 12.1 Å². The Labute approximate surface area is 171 Å². The molecule has 9 heteroatoms. The largest absolute Gasteiger partial charge is 0.493 e. The van der Waals surface area contributed by atoms with Crippen molar-refractivity contribution in [3.8, 4) is 11.5 Å². The molecule has 28 heavy (non-hydrogen) atoms. The molecule has 1 aromatic heterocycles. The summed E-state index contributed by atoms with van der Waals surface area (Å²) in [5.41, 5.74) is 1.84. The molecule has 0 unspecified atom stereocenters. The quantitative estimate of drug-likeness (QED) is 0.527. The van der Waals surface area contributed by atoms with Gasteiger partial charge in [0.05, 0.1) is 7.11 Å². The van der Waals surface area contributed by atoms with Crippen LogP contribution in [0.4, 0.5) is 10.3 Å². The van der Waals surface area contributed by atoms with Crippen molar-refractivity contribution in [1.82, 2.24) is 20.2 Å². The van der Waals surface area contributed by atoms with Crippen molar-refractivity contribution in [2.45, 2.75) is 33.0 Å². The van der Waals surface area contributed by atoms with Gasteiger partial charge in [0.2, 0.25) is 5.95 Å². The third-order valence-electron chi connectivity index (χ3n) is 4.04. The predicted molar refractivity (Wildman–Crippen MR) is 107 cm³/mol. The minimum absolute atomic E-state index is 0.272. The summed E-state index contributed by atoms with van der Waals surface area (Å²) in [5.74, 6) is 1.55.